The van der Waals surface area contributed by atoms with Crippen LogP contribution in [0.2, 0.25) is 0 Å². The number of esters is 2. The standard InChI is InChI=1S/C50H79NO12S.Na/c1-2-3-4-5-6-7-8-9-16-27-36-43(59-46(53)37-28-17-12-10-14-21-30-41-32-23-19-24-33-41)49(55)50(63-51)39-44(48(45(40-52)61-50)62-64(56,57)58)60-47(54)38-29-18-13-11-15-22-31-42-34-25-20-26-35-42;/h19-20,23-26,32-35,43-45,48,52H,2-18,21-22,27-31,36-40,51H2,1H3,(H,56,57,58);/q;+1/p-1/t43?,44-,45+,48-,50-;/m0./s1. The third kappa shape index (κ3) is 25.1. The van der Waals surface area contributed by atoms with E-state index >= 15 is 0 Å². The molecule has 5 atom stereocenters. The summed E-state index contributed by atoms with van der Waals surface area (Å²) in [6.07, 6.45) is 16.4. The second kappa shape index (κ2) is 35.0. The number of carbonyl (C=O) groups is 3. The van der Waals surface area contributed by atoms with Gasteiger partial charge in [-0.05, 0) is 62.5 Å². The first-order valence-electron chi connectivity index (χ1n) is 24.3. The van der Waals surface area contributed by atoms with Crippen LogP contribution in [-0.4, -0.2) is 72.6 Å². The Morgan fingerprint density at radius 1 is 0.708 bits per heavy atom. The summed E-state index contributed by atoms with van der Waals surface area (Å²) in [5.41, 5.74) is 2.62. The van der Waals surface area contributed by atoms with Crippen molar-refractivity contribution in [1.82, 2.24) is 0 Å². The number of Topliss-reactive ketones (excluding diaryl/α,β-unsaturated/α-hetero) is 1. The van der Waals surface area contributed by atoms with Crippen molar-refractivity contribution in [2.75, 3.05) is 6.61 Å². The van der Waals surface area contributed by atoms with E-state index in [1.54, 1.807) is 0 Å². The Balaban J connectivity index is 0.0000145. The van der Waals surface area contributed by atoms with Gasteiger partial charge < -0.3 is 23.9 Å². The Bertz CT molecular complexity index is 1670. The minimum atomic E-state index is -5.40. The molecule has 1 heterocycles. The Labute approximate surface area is 412 Å². The van der Waals surface area contributed by atoms with Crippen molar-refractivity contribution in [2.45, 2.75) is 217 Å². The molecular weight excluding hydrogens is 862 g/mol. The van der Waals surface area contributed by atoms with Crippen molar-refractivity contribution >= 4 is 28.1 Å². The molecule has 2 aromatic carbocycles. The number of aliphatic hydroxyl groups excluding tert-OH is 1. The Kier molecular flexibility index (Phi) is 31.7. The zero-order valence-electron chi connectivity index (χ0n) is 39.5. The molecule has 1 fully saturated rings. The first kappa shape index (κ1) is 58.9. The average molecular weight is 940 g/mol. The van der Waals surface area contributed by atoms with Crippen LogP contribution in [0, 0.1) is 0 Å². The quantitative estimate of drug-likeness (QED) is 0.0178. The van der Waals surface area contributed by atoms with Gasteiger partial charge in [-0.1, -0.05) is 177 Å². The van der Waals surface area contributed by atoms with Gasteiger partial charge in [0, 0.05) is 12.8 Å². The van der Waals surface area contributed by atoms with Gasteiger partial charge in [0.15, 0.2) is 6.10 Å². The molecule has 0 amide bonds. The molecule has 362 valence electrons. The predicted molar refractivity (Wildman–Crippen MR) is 245 cm³/mol. The second-order valence-corrected chi connectivity index (χ2v) is 18.4. The molecule has 13 nitrogen and oxygen atoms in total. The average Bonchev–Trinajstić information content (AvgIpc) is 3.28. The van der Waals surface area contributed by atoms with Gasteiger partial charge in [0.2, 0.25) is 16.2 Å². The third-order valence-electron chi connectivity index (χ3n) is 12.1. The fourth-order valence-corrected chi connectivity index (χ4v) is 8.95. The van der Waals surface area contributed by atoms with Gasteiger partial charge in [-0.25, -0.2) is 14.3 Å². The number of unbranched alkanes of at least 4 members (excludes halogenated alkanes) is 19. The maximum Gasteiger partial charge on any atom is 1.00 e. The number of hydrogen-bond acceptors (Lipinski definition) is 13. The Morgan fingerprint density at radius 3 is 1.62 bits per heavy atom. The first-order chi connectivity index (χ1) is 31.0. The molecular formula is C50H78NNaO12S. The molecule has 0 spiro atoms. The second-order valence-electron chi connectivity index (χ2n) is 17.4. The van der Waals surface area contributed by atoms with Gasteiger partial charge >= 0.3 is 41.5 Å². The minimum Gasteiger partial charge on any atom is -0.726 e. The number of ether oxygens (including phenoxy) is 3. The van der Waals surface area contributed by atoms with E-state index < -0.39 is 71.4 Å². The number of aliphatic hydroxyl groups is 1. The fourth-order valence-electron chi connectivity index (χ4n) is 8.43. The van der Waals surface area contributed by atoms with Crippen LogP contribution in [0.25, 0.3) is 0 Å². The number of ketones is 1. The Hall–Kier alpha value is -2.24. The van der Waals surface area contributed by atoms with E-state index in [1.165, 1.54) is 43.2 Å². The minimum absolute atomic E-state index is 0. The first-order valence-corrected chi connectivity index (χ1v) is 25.6. The molecule has 0 aliphatic carbocycles. The smallest absolute Gasteiger partial charge is 0.726 e. The molecule has 2 aromatic rings. The Morgan fingerprint density at radius 2 is 1.15 bits per heavy atom. The molecule has 15 heteroatoms. The SMILES string of the molecule is CCCCCCCCCCCCC(OC(=O)CCCCCCCCc1ccccc1)C(=O)[C@@]1(ON)C[C@H](OC(=O)CCCCCCCCc2ccccc2)[C@H](OS(=O)(=O)[O-])[C@@H](CO)O1.[Na+]. The van der Waals surface area contributed by atoms with E-state index in [4.69, 9.17) is 29.1 Å². The molecule has 1 unspecified atom stereocenters. The van der Waals surface area contributed by atoms with Crippen LogP contribution in [-0.2, 0) is 60.9 Å². The molecule has 0 radical (unpaired) electrons. The predicted octanol–water partition coefficient (Wildman–Crippen LogP) is 6.85. The third-order valence-corrected chi connectivity index (χ3v) is 12.5. The number of rotatable bonds is 37. The van der Waals surface area contributed by atoms with Gasteiger partial charge in [0.05, 0.1) is 13.0 Å². The van der Waals surface area contributed by atoms with Crippen LogP contribution < -0.4 is 35.5 Å². The zero-order chi connectivity index (χ0) is 46.3. The molecule has 1 aliphatic heterocycles. The van der Waals surface area contributed by atoms with Crippen LogP contribution in [0.5, 0.6) is 0 Å². The van der Waals surface area contributed by atoms with Crippen molar-refractivity contribution in [3.05, 3.63) is 71.8 Å². The molecule has 3 N–H and O–H groups in total. The maximum atomic E-state index is 14.5. The summed E-state index contributed by atoms with van der Waals surface area (Å²) in [5, 5.41) is 10.3. The van der Waals surface area contributed by atoms with Crippen LogP contribution in [0.1, 0.15) is 185 Å². The van der Waals surface area contributed by atoms with Gasteiger partial charge in [-0.2, -0.15) is 0 Å². The maximum absolute atomic E-state index is 14.5. The van der Waals surface area contributed by atoms with Crippen LogP contribution in [0.4, 0.5) is 0 Å². The van der Waals surface area contributed by atoms with Crippen molar-refractivity contribution in [1.29, 1.82) is 0 Å². The molecule has 0 bridgehead atoms. The summed E-state index contributed by atoms with van der Waals surface area (Å²) >= 11 is 0. The molecule has 1 saturated heterocycles. The number of aryl methyl sites for hydroxylation is 2. The van der Waals surface area contributed by atoms with Gasteiger partial charge in [0.1, 0.15) is 18.3 Å². The van der Waals surface area contributed by atoms with Crippen LogP contribution >= 0.6 is 0 Å². The molecule has 0 aromatic heterocycles. The normalized spacial score (nSPS) is 19.0. The van der Waals surface area contributed by atoms with E-state index in [1.807, 2.05) is 36.4 Å². The number of hydrogen-bond donors (Lipinski definition) is 2. The topological polar surface area (TPSA) is 201 Å². The summed E-state index contributed by atoms with van der Waals surface area (Å²) in [6, 6.07) is 20.6. The largest absolute Gasteiger partial charge is 1.00 e. The monoisotopic (exact) mass is 940 g/mol. The number of nitrogens with two attached hydrogens (primary N) is 1. The summed E-state index contributed by atoms with van der Waals surface area (Å²) in [6.45, 7) is 1.24. The van der Waals surface area contributed by atoms with Gasteiger partial charge in [-0.3, -0.25) is 23.4 Å². The van der Waals surface area contributed by atoms with Crippen molar-refractivity contribution in [3.8, 4) is 0 Å². The zero-order valence-corrected chi connectivity index (χ0v) is 42.3. The van der Waals surface area contributed by atoms with Crippen LogP contribution in [0.3, 0.4) is 0 Å². The van der Waals surface area contributed by atoms with E-state index in [2.05, 4.69) is 31.2 Å². The molecule has 65 heavy (non-hydrogen) atoms. The number of benzene rings is 2. The van der Waals surface area contributed by atoms with E-state index in [-0.39, 0.29) is 48.8 Å². The molecule has 3 rings (SSSR count). The molecule has 0 saturated carbocycles. The van der Waals surface area contributed by atoms with Crippen molar-refractivity contribution < 1.29 is 85.2 Å². The van der Waals surface area contributed by atoms with Crippen molar-refractivity contribution in [3.63, 3.8) is 0 Å². The summed E-state index contributed by atoms with van der Waals surface area (Å²) in [5.74, 6) is 1.15. The summed E-state index contributed by atoms with van der Waals surface area (Å²) in [7, 11) is -5.40. The van der Waals surface area contributed by atoms with E-state index in [0.717, 1.165) is 103 Å². The van der Waals surface area contributed by atoms with Gasteiger partial charge in [-0.15, -0.1) is 0 Å². The van der Waals surface area contributed by atoms with Crippen LogP contribution in [0.15, 0.2) is 60.7 Å². The molecule has 1 aliphatic rings. The summed E-state index contributed by atoms with van der Waals surface area (Å²) < 4.78 is 57.7. The number of carbonyl (C=O) groups excluding carboxylic acids is 3. The van der Waals surface area contributed by atoms with E-state index in [9.17, 15) is 32.5 Å². The fraction of sp³-hybridized carbons (Fsp3) is 0.700. The van der Waals surface area contributed by atoms with Gasteiger partial charge in [0.25, 0.3) is 5.79 Å². The van der Waals surface area contributed by atoms with Crippen molar-refractivity contribution in [2.24, 2.45) is 5.90 Å². The summed E-state index contributed by atoms with van der Waals surface area (Å²) in [4.78, 5) is 46.2. The van der Waals surface area contributed by atoms with E-state index in [0.29, 0.717) is 19.3 Å².